The molecule has 0 aromatic heterocycles. The average molecular weight is 292 g/mol. The van der Waals surface area contributed by atoms with Gasteiger partial charge in [0.1, 0.15) is 0 Å². The number of carboxylic acids is 1. The Morgan fingerprint density at radius 3 is 2.27 bits per heavy atom. The van der Waals surface area contributed by atoms with E-state index in [1.165, 1.54) is 0 Å². The normalized spacial score (nSPS) is 10.5. The van der Waals surface area contributed by atoms with Gasteiger partial charge < -0.3 is 16.2 Å². The molecule has 4 heteroatoms. The molecule has 0 atom stereocenters. The van der Waals surface area contributed by atoms with Crippen LogP contribution in [0.3, 0.4) is 0 Å². The van der Waals surface area contributed by atoms with Crippen LogP contribution >= 0.6 is 0 Å². The smallest absolute Gasteiger partial charge is 0.335 e. The molecule has 0 aliphatic rings. The summed E-state index contributed by atoms with van der Waals surface area (Å²) in [6.07, 6.45) is 0. The lowest BCUT2D eigenvalue weighted by Crippen LogP contribution is -2.03. The molecule has 3 rings (SSSR count). The molecule has 3 aromatic rings. The zero-order valence-corrected chi connectivity index (χ0v) is 11.9. The molecule has 110 valence electrons. The number of benzene rings is 3. The first kappa shape index (κ1) is 13.9. The highest BCUT2D eigenvalue weighted by Crippen LogP contribution is 2.26. The Kier molecular flexibility index (Phi) is 3.66. The maximum absolute atomic E-state index is 10.8. The summed E-state index contributed by atoms with van der Waals surface area (Å²) in [5.74, 6) is -0.918. The predicted octanol–water partition coefficient (Wildman–Crippen LogP) is 3.73. The number of hydrogen-bond donors (Lipinski definition) is 3. The number of carboxylic acid groups (broad SMARTS) is 1. The second kappa shape index (κ2) is 5.77. The number of nitrogen functional groups attached to an aromatic ring is 1. The van der Waals surface area contributed by atoms with Gasteiger partial charge in [-0.1, -0.05) is 36.4 Å². The lowest BCUT2D eigenvalue weighted by molar-refractivity contribution is 0.0697. The maximum atomic E-state index is 10.8. The second-order valence-electron chi connectivity index (χ2n) is 5.14. The van der Waals surface area contributed by atoms with Crippen LogP contribution in [-0.2, 0) is 6.54 Å². The maximum Gasteiger partial charge on any atom is 0.335 e. The van der Waals surface area contributed by atoms with Crippen LogP contribution in [0.1, 0.15) is 15.9 Å². The Hall–Kier alpha value is -3.01. The molecule has 0 bridgehead atoms. The van der Waals surface area contributed by atoms with Crippen molar-refractivity contribution >= 4 is 28.1 Å². The van der Waals surface area contributed by atoms with E-state index in [4.69, 9.17) is 10.8 Å². The zero-order chi connectivity index (χ0) is 15.5. The van der Waals surface area contributed by atoms with Crippen LogP contribution in [0.25, 0.3) is 10.8 Å². The van der Waals surface area contributed by atoms with Gasteiger partial charge in [0.25, 0.3) is 0 Å². The number of hydrogen-bond acceptors (Lipinski definition) is 3. The minimum atomic E-state index is -0.918. The molecule has 0 radical (unpaired) electrons. The SMILES string of the molecule is Nc1cc2ccccc2cc1NCc1ccc(C(=O)O)cc1. The highest BCUT2D eigenvalue weighted by atomic mass is 16.4. The van der Waals surface area contributed by atoms with Crippen molar-refractivity contribution in [2.24, 2.45) is 0 Å². The fourth-order valence-electron chi connectivity index (χ4n) is 2.37. The third kappa shape index (κ3) is 2.86. The molecule has 0 heterocycles. The van der Waals surface area contributed by atoms with Crippen molar-refractivity contribution in [3.05, 3.63) is 71.8 Å². The van der Waals surface area contributed by atoms with Crippen molar-refractivity contribution in [3.63, 3.8) is 0 Å². The Morgan fingerprint density at radius 2 is 1.64 bits per heavy atom. The molecule has 22 heavy (non-hydrogen) atoms. The average Bonchev–Trinajstić information content (AvgIpc) is 2.53. The van der Waals surface area contributed by atoms with E-state index in [1.807, 2.05) is 36.4 Å². The van der Waals surface area contributed by atoms with Crippen LogP contribution in [0.15, 0.2) is 60.7 Å². The van der Waals surface area contributed by atoms with Crippen LogP contribution in [0, 0.1) is 0 Å². The van der Waals surface area contributed by atoms with Gasteiger partial charge in [0.15, 0.2) is 0 Å². The summed E-state index contributed by atoms with van der Waals surface area (Å²) in [4.78, 5) is 10.8. The molecule has 0 fully saturated rings. The summed E-state index contributed by atoms with van der Waals surface area (Å²) in [6, 6.07) is 18.8. The van der Waals surface area contributed by atoms with E-state index in [1.54, 1.807) is 24.3 Å². The van der Waals surface area contributed by atoms with Crippen LogP contribution in [0.2, 0.25) is 0 Å². The Balaban J connectivity index is 1.78. The van der Waals surface area contributed by atoms with Crippen LogP contribution in [0.5, 0.6) is 0 Å². The minimum absolute atomic E-state index is 0.286. The van der Waals surface area contributed by atoms with Gasteiger partial charge in [0, 0.05) is 6.54 Å². The summed E-state index contributed by atoms with van der Waals surface area (Å²) in [7, 11) is 0. The van der Waals surface area contributed by atoms with E-state index in [-0.39, 0.29) is 5.56 Å². The zero-order valence-electron chi connectivity index (χ0n) is 11.9. The van der Waals surface area contributed by atoms with E-state index in [0.29, 0.717) is 12.2 Å². The number of nitrogens with one attached hydrogen (secondary N) is 1. The first-order chi connectivity index (χ1) is 10.6. The molecule has 0 amide bonds. The Bertz CT molecular complexity index is 826. The molecule has 4 nitrogen and oxygen atoms in total. The summed E-state index contributed by atoms with van der Waals surface area (Å²) < 4.78 is 0. The van der Waals surface area contributed by atoms with Gasteiger partial charge in [-0.25, -0.2) is 4.79 Å². The minimum Gasteiger partial charge on any atom is -0.478 e. The van der Waals surface area contributed by atoms with Gasteiger partial charge in [-0.15, -0.1) is 0 Å². The fourth-order valence-corrected chi connectivity index (χ4v) is 2.37. The monoisotopic (exact) mass is 292 g/mol. The number of carbonyl (C=O) groups is 1. The summed E-state index contributed by atoms with van der Waals surface area (Å²) >= 11 is 0. The number of aromatic carboxylic acids is 1. The van der Waals surface area contributed by atoms with Gasteiger partial charge in [0.05, 0.1) is 16.9 Å². The molecule has 0 saturated carbocycles. The molecule has 4 N–H and O–H groups in total. The molecule has 0 spiro atoms. The molecular formula is C18H16N2O2. The van der Waals surface area contributed by atoms with Gasteiger partial charge in [-0.2, -0.15) is 0 Å². The highest BCUT2D eigenvalue weighted by molar-refractivity contribution is 5.91. The Labute approximate surface area is 128 Å². The summed E-state index contributed by atoms with van der Waals surface area (Å²) in [6.45, 7) is 0.586. The van der Waals surface area contributed by atoms with Gasteiger partial charge in [0.2, 0.25) is 0 Å². The number of anilines is 2. The van der Waals surface area contributed by atoms with Crippen molar-refractivity contribution in [3.8, 4) is 0 Å². The lowest BCUT2D eigenvalue weighted by atomic mass is 10.1. The van der Waals surface area contributed by atoms with Gasteiger partial charge in [-0.3, -0.25) is 0 Å². The first-order valence-electron chi connectivity index (χ1n) is 6.98. The fraction of sp³-hybridized carbons (Fsp3) is 0.0556. The van der Waals surface area contributed by atoms with E-state index in [0.717, 1.165) is 22.0 Å². The summed E-state index contributed by atoms with van der Waals surface area (Å²) in [5, 5.41) is 14.4. The third-order valence-corrected chi connectivity index (χ3v) is 3.60. The van der Waals surface area contributed by atoms with Crippen molar-refractivity contribution in [2.75, 3.05) is 11.1 Å². The van der Waals surface area contributed by atoms with Crippen LogP contribution in [0.4, 0.5) is 11.4 Å². The predicted molar refractivity (Wildman–Crippen MR) is 89.1 cm³/mol. The largest absolute Gasteiger partial charge is 0.478 e. The quantitative estimate of drug-likeness (QED) is 0.640. The van der Waals surface area contributed by atoms with E-state index < -0.39 is 5.97 Å². The standard InChI is InChI=1S/C18H16N2O2/c19-16-9-14-3-1-2-4-15(14)10-17(16)20-11-12-5-7-13(8-6-12)18(21)22/h1-10,20H,11,19H2,(H,21,22). The van der Waals surface area contributed by atoms with Crippen LogP contribution in [-0.4, -0.2) is 11.1 Å². The number of rotatable bonds is 4. The molecule has 0 saturated heterocycles. The van der Waals surface area contributed by atoms with Crippen molar-refractivity contribution in [1.29, 1.82) is 0 Å². The molecule has 3 aromatic carbocycles. The molecular weight excluding hydrogens is 276 g/mol. The van der Waals surface area contributed by atoms with E-state index >= 15 is 0 Å². The van der Waals surface area contributed by atoms with E-state index in [2.05, 4.69) is 5.32 Å². The number of fused-ring (bicyclic) bond motifs is 1. The van der Waals surface area contributed by atoms with Crippen molar-refractivity contribution < 1.29 is 9.90 Å². The lowest BCUT2D eigenvalue weighted by Gasteiger charge is -2.11. The van der Waals surface area contributed by atoms with Gasteiger partial charge in [-0.05, 0) is 40.6 Å². The topological polar surface area (TPSA) is 75.3 Å². The Morgan fingerprint density at radius 1 is 1.00 bits per heavy atom. The van der Waals surface area contributed by atoms with Gasteiger partial charge >= 0.3 is 5.97 Å². The van der Waals surface area contributed by atoms with Crippen molar-refractivity contribution in [2.45, 2.75) is 6.54 Å². The summed E-state index contributed by atoms with van der Waals surface area (Å²) in [5.41, 5.74) is 8.93. The van der Waals surface area contributed by atoms with E-state index in [9.17, 15) is 4.79 Å². The molecule has 0 aliphatic heterocycles. The highest BCUT2D eigenvalue weighted by Gasteiger charge is 2.04. The second-order valence-corrected chi connectivity index (χ2v) is 5.14. The molecule has 0 unspecified atom stereocenters. The molecule has 0 aliphatic carbocycles. The number of nitrogens with two attached hydrogens (primary N) is 1. The first-order valence-corrected chi connectivity index (χ1v) is 6.98. The van der Waals surface area contributed by atoms with Crippen LogP contribution < -0.4 is 11.1 Å². The third-order valence-electron chi connectivity index (χ3n) is 3.60. The van der Waals surface area contributed by atoms with Crippen molar-refractivity contribution in [1.82, 2.24) is 0 Å².